The molecule has 96 valence electrons. The third-order valence-electron chi connectivity index (χ3n) is 2.52. The second kappa shape index (κ2) is 7.13. The van der Waals surface area contributed by atoms with Crippen LogP contribution in [-0.2, 0) is 0 Å². The summed E-state index contributed by atoms with van der Waals surface area (Å²) in [4.78, 5) is 16.2. The zero-order valence-corrected chi connectivity index (χ0v) is 13.0. The summed E-state index contributed by atoms with van der Waals surface area (Å²) < 4.78 is 1.00. The molecular formula is C12H19BrN2OS. The van der Waals surface area contributed by atoms with Crippen molar-refractivity contribution in [2.24, 2.45) is 0 Å². The summed E-state index contributed by atoms with van der Waals surface area (Å²) in [5.41, 5.74) is 0.786. The molecule has 0 aliphatic heterocycles. The van der Waals surface area contributed by atoms with Gasteiger partial charge in [-0.1, -0.05) is 0 Å². The molecule has 0 aromatic carbocycles. The van der Waals surface area contributed by atoms with Gasteiger partial charge in [-0.15, -0.1) is 11.3 Å². The molecule has 17 heavy (non-hydrogen) atoms. The molecule has 0 fully saturated rings. The standard InChI is InChI=1S/C12H19BrN2OS/c1-4-15(7-5-6-14(2)3)12(16)10-8-11(13)17-9-10/h8-9H,4-7H2,1-3H3. The van der Waals surface area contributed by atoms with Crippen molar-refractivity contribution in [1.82, 2.24) is 9.80 Å². The van der Waals surface area contributed by atoms with Crippen LogP contribution < -0.4 is 0 Å². The number of nitrogens with zero attached hydrogens (tertiary/aromatic N) is 2. The minimum absolute atomic E-state index is 0.133. The van der Waals surface area contributed by atoms with Crippen molar-refractivity contribution in [2.45, 2.75) is 13.3 Å². The molecule has 3 nitrogen and oxygen atoms in total. The Morgan fingerprint density at radius 1 is 1.41 bits per heavy atom. The predicted octanol–water partition coefficient (Wildman–Crippen LogP) is 2.92. The average molecular weight is 319 g/mol. The topological polar surface area (TPSA) is 23.6 Å². The maximum Gasteiger partial charge on any atom is 0.254 e. The van der Waals surface area contributed by atoms with Gasteiger partial charge in [0.15, 0.2) is 0 Å². The lowest BCUT2D eigenvalue weighted by molar-refractivity contribution is 0.0760. The van der Waals surface area contributed by atoms with Gasteiger partial charge in [-0.3, -0.25) is 4.79 Å². The van der Waals surface area contributed by atoms with E-state index in [1.807, 2.05) is 37.4 Å². The van der Waals surface area contributed by atoms with Crippen molar-refractivity contribution >= 4 is 33.2 Å². The quantitative estimate of drug-likeness (QED) is 0.805. The Morgan fingerprint density at radius 3 is 2.59 bits per heavy atom. The van der Waals surface area contributed by atoms with Gasteiger partial charge in [-0.25, -0.2) is 0 Å². The maximum atomic E-state index is 12.2. The molecule has 1 amide bonds. The fraction of sp³-hybridized carbons (Fsp3) is 0.583. The number of carbonyl (C=O) groups excluding carboxylic acids is 1. The molecule has 1 aromatic rings. The van der Waals surface area contributed by atoms with E-state index in [0.29, 0.717) is 0 Å². The number of amides is 1. The first kappa shape index (κ1) is 14.7. The van der Waals surface area contributed by atoms with Crippen LogP contribution in [0.5, 0.6) is 0 Å². The van der Waals surface area contributed by atoms with Crippen molar-refractivity contribution in [3.63, 3.8) is 0 Å². The minimum Gasteiger partial charge on any atom is -0.339 e. The molecule has 0 atom stereocenters. The first-order chi connectivity index (χ1) is 8.04. The van der Waals surface area contributed by atoms with Crippen LogP contribution in [0.3, 0.4) is 0 Å². The van der Waals surface area contributed by atoms with E-state index in [-0.39, 0.29) is 5.91 Å². The molecule has 0 radical (unpaired) electrons. The van der Waals surface area contributed by atoms with Gasteiger partial charge in [0.2, 0.25) is 0 Å². The van der Waals surface area contributed by atoms with Crippen molar-refractivity contribution in [3.05, 3.63) is 20.8 Å². The van der Waals surface area contributed by atoms with Crippen LogP contribution in [0.1, 0.15) is 23.7 Å². The molecule has 0 unspecified atom stereocenters. The van der Waals surface area contributed by atoms with E-state index in [0.717, 1.165) is 35.4 Å². The molecule has 0 aliphatic carbocycles. The van der Waals surface area contributed by atoms with Gasteiger partial charge >= 0.3 is 0 Å². The summed E-state index contributed by atoms with van der Waals surface area (Å²) in [5.74, 6) is 0.133. The zero-order valence-electron chi connectivity index (χ0n) is 10.6. The Morgan fingerprint density at radius 2 is 2.12 bits per heavy atom. The van der Waals surface area contributed by atoms with Gasteiger partial charge < -0.3 is 9.80 Å². The molecule has 1 aromatic heterocycles. The molecular weight excluding hydrogens is 300 g/mol. The normalized spacial score (nSPS) is 10.9. The van der Waals surface area contributed by atoms with Crippen LogP contribution >= 0.6 is 27.3 Å². The SMILES string of the molecule is CCN(CCCN(C)C)C(=O)c1csc(Br)c1. The lowest BCUT2D eigenvalue weighted by Crippen LogP contribution is -2.33. The van der Waals surface area contributed by atoms with Crippen molar-refractivity contribution < 1.29 is 4.79 Å². The second-order valence-corrected chi connectivity index (χ2v) is 6.47. The van der Waals surface area contributed by atoms with Gasteiger partial charge in [0.25, 0.3) is 5.91 Å². The Bertz CT molecular complexity index is 365. The maximum absolute atomic E-state index is 12.2. The highest BCUT2D eigenvalue weighted by Crippen LogP contribution is 2.21. The Labute approximate surface area is 116 Å². The molecule has 0 aliphatic rings. The Balaban J connectivity index is 2.52. The van der Waals surface area contributed by atoms with Gasteiger partial charge in [0.1, 0.15) is 0 Å². The highest BCUT2D eigenvalue weighted by molar-refractivity contribution is 9.11. The molecule has 1 heterocycles. The van der Waals surface area contributed by atoms with Crippen LogP contribution in [0.15, 0.2) is 15.2 Å². The molecule has 5 heteroatoms. The summed E-state index contributed by atoms with van der Waals surface area (Å²) in [6, 6.07) is 1.89. The highest BCUT2D eigenvalue weighted by atomic mass is 79.9. The van der Waals surface area contributed by atoms with Gasteiger partial charge in [-0.2, -0.15) is 0 Å². The van der Waals surface area contributed by atoms with Gasteiger partial charge in [0, 0.05) is 18.5 Å². The summed E-state index contributed by atoms with van der Waals surface area (Å²) in [6.07, 6.45) is 1.01. The van der Waals surface area contributed by atoms with Crippen molar-refractivity contribution in [2.75, 3.05) is 33.7 Å². The molecule has 0 spiro atoms. The predicted molar refractivity (Wildman–Crippen MR) is 76.8 cm³/mol. The van der Waals surface area contributed by atoms with E-state index in [4.69, 9.17) is 0 Å². The first-order valence-corrected chi connectivity index (χ1v) is 7.40. The summed E-state index contributed by atoms with van der Waals surface area (Å²) in [7, 11) is 4.10. The molecule has 0 saturated carbocycles. The van der Waals surface area contributed by atoms with Crippen LogP contribution in [0.4, 0.5) is 0 Å². The summed E-state index contributed by atoms with van der Waals surface area (Å²) in [6.45, 7) is 4.62. The van der Waals surface area contributed by atoms with E-state index >= 15 is 0 Å². The third-order valence-corrected chi connectivity index (χ3v) is 4.02. The molecule has 1 rings (SSSR count). The number of carbonyl (C=O) groups is 1. The molecule has 0 bridgehead atoms. The zero-order chi connectivity index (χ0) is 12.8. The monoisotopic (exact) mass is 318 g/mol. The number of halogens is 1. The fourth-order valence-electron chi connectivity index (χ4n) is 1.59. The smallest absolute Gasteiger partial charge is 0.254 e. The van der Waals surface area contributed by atoms with Gasteiger partial charge in [0.05, 0.1) is 9.35 Å². The summed E-state index contributed by atoms with van der Waals surface area (Å²) in [5, 5.41) is 1.90. The van der Waals surface area contributed by atoms with Crippen LogP contribution in [0, 0.1) is 0 Å². The number of thiophene rings is 1. The van der Waals surface area contributed by atoms with Crippen LogP contribution in [-0.4, -0.2) is 49.4 Å². The van der Waals surface area contributed by atoms with Crippen LogP contribution in [0.2, 0.25) is 0 Å². The largest absolute Gasteiger partial charge is 0.339 e. The van der Waals surface area contributed by atoms with E-state index in [1.54, 1.807) is 11.3 Å². The Hall–Kier alpha value is -0.390. The third kappa shape index (κ3) is 4.77. The molecule has 0 saturated heterocycles. The lowest BCUT2D eigenvalue weighted by atomic mass is 10.2. The lowest BCUT2D eigenvalue weighted by Gasteiger charge is -2.21. The number of rotatable bonds is 6. The second-order valence-electron chi connectivity index (χ2n) is 4.18. The fourth-order valence-corrected chi connectivity index (χ4v) is 2.72. The van der Waals surface area contributed by atoms with Crippen LogP contribution in [0.25, 0.3) is 0 Å². The van der Waals surface area contributed by atoms with E-state index < -0.39 is 0 Å². The highest BCUT2D eigenvalue weighted by Gasteiger charge is 2.15. The first-order valence-electron chi connectivity index (χ1n) is 5.72. The summed E-state index contributed by atoms with van der Waals surface area (Å²) >= 11 is 4.93. The van der Waals surface area contributed by atoms with Crippen molar-refractivity contribution in [1.29, 1.82) is 0 Å². The van der Waals surface area contributed by atoms with Crippen molar-refractivity contribution in [3.8, 4) is 0 Å². The number of hydrogen-bond donors (Lipinski definition) is 0. The van der Waals surface area contributed by atoms with E-state index in [9.17, 15) is 4.79 Å². The van der Waals surface area contributed by atoms with Gasteiger partial charge in [-0.05, 0) is 56.0 Å². The van der Waals surface area contributed by atoms with E-state index in [1.165, 1.54) is 0 Å². The molecule has 0 N–H and O–H groups in total. The average Bonchev–Trinajstić information content (AvgIpc) is 2.70. The minimum atomic E-state index is 0.133. The number of hydrogen-bond acceptors (Lipinski definition) is 3. The van der Waals surface area contributed by atoms with E-state index in [2.05, 4.69) is 20.8 Å². The Kier molecular flexibility index (Phi) is 6.16.